The molecule has 3 nitrogen and oxygen atoms in total. The van der Waals surface area contributed by atoms with Crippen LogP contribution in [0, 0.1) is 11.8 Å². The monoisotopic (exact) mass is 307 g/mol. The van der Waals surface area contributed by atoms with Crippen LogP contribution < -0.4 is 10.2 Å². The molecule has 1 N–H and O–H groups in total. The predicted octanol–water partition coefficient (Wildman–Crippen LogP) is 3.86. The number of hydrogen-bond acceptors (Lipinski definition) is 3. The summed E-state index contributed by atoms with van der Waals surface area (Å²) in [6.07, 6.45) is 7.02. The van der Waals surface area contributed by atoms with Crippen LogP contribution in [0.2, 0.25) is 5.02 Å². The average Bonchev–Trinajstić information content (AvgIpc) is 2.53. The van der Waals surface area contributed by atoms with E-state index < -0.39 is 0 Å². The molecule has 0 radical (unpaired) electrons. The maximum absolute atomic E-state index is 6.26. The van der Waals surface area contributed by atoms with E-state index in [0.29, 0.717) is 0 Å². The number of aromatic nitrogens is 1. The van der Waals surface area contributed by atoms with Crippen LogP contribution in [0.5, 0.6) is 0 Å². The summed E-state index contributed by atoms with van der Waals surface area (Å²) in [7, 11) is 0. The molecule has 2 unspecified atom stereocenters. The summed E-state index contributed by atoms with van der Waals surface area (Å²) in [5.41, 5.74) is 0.974. The number of piperidine rings is 1. The van der Waals surface area contributed by atoms with Crippen molar-refractivity contribution in [2.24, 2.45) is 11.8 Å². The third kappa shape index (κ3) is 3.51. The second-order valence-corrected chi connectivity index (χ2v) is 6.82. The van der Waals surface area contributed by atoms with E-state index in [1.165, 1.54) is 38.6 Å². The van der Waals surface area contributed by atoms with Gasteiger partial charge in [-0.3, -0.25) is 0 Å². The number of anilines is 1. The van der Waals surface area contributed by atoms with Crippen molar-refractivity contribution in [3.8, 4) is 0 Å². The van der Waals surface area contributed by atoms with Gasteiger partial charge in [0.15, 0.2) is 0 Å². The Balaban J connectivity index is 1.71. The van der Waals surface area contributed by atoms with Gasteiger partial charge in [0.05, 0.1) is 10.7 Å². The van der Waals surface area contributed by atoms with E-state index in [1.54, 1.807) is 0 Å². The van der Waals surface area contributed by atoms with Crippen molar-refractivity contribution in [2.45, 2.75) is 45.6 Å². The predicted molar refractivity (Wildman–Crippen MR) is 88.9 cm³/mol. The standard InChI is InChI=1S/C17H26ClN3/c1-2-19-11-16-15(18)7-8-17(20-16)21-10-9-13-5-3-4-6-14(13)12-21/h7-8,13-14,19H,2-6,9-12H2,1H3. The molecule has 2 aliphatic rings. The quantitative estimate of drug-likeness (QED) is 0.915. The molecular formula is C17H26ClN3. The van der Waals surface area contributed by atoms with Crippen LogP contribution in [0.3, 0.4) is 0 Å². The zero-order valence-electron chi connectivity index (χ0n) is 12.9. The first-order valence-electron chi connectivity index (χ1n) is 8.39. The third-order valence-corrected chi connectivity index (χ3v) is 5.41. The van der Waals surface area contributed by atoms with Crippen LogP contribution in [0.15, 0.2) is 12.1 Å². The largest absolute Gasteiger partial charge is 0.356 e. The topological polar surface area (TPSA) is 28.2 Å². The molecule has 1 aromatic heterocycles. The molecule has 0 bridgehead atoms. The van der Waals surface area contributed by atoms with E-state index in [-0.39, 0.29) is 0 Å². The van der Waals surface area contributed by atoms with Crippen molar-refractivity contribution in [2.75, 3.05) is 24.5 Å². The van der Waals surface area contributed by atoms with E-state index >= 15 is 0 Å². The van der Waals surface area contributed by atoms with Gasteiger partial charge in [-0.05, 0) is 43.4 Å². The number of nitrogens with one attached hydrogen (secondary N) is 1. The van der Waals surface area contributed by atoms with Crippen molar-refractivity contribution >= 4 is 17.4 Å². The fourth-order valence-corrected chi connectivity index (χ4v) is 4.00. The SMILES string of the molecule is CCNCc1nc(N2CCC3CCCCC3C2)ccc1Cl. The second kappa shape index (κ2) is 6.97. The van der Waals surface area contributed by atoms with Crippen molar-refractivity contribution < 1.29 is 0 Å². The van der Waals surface area contributed by atoms with Gasteiger partial charge in [-0.25, -0.2) is 4.98 Å². The fraction of sp³-hybridized carbons (Fsp3) is 0.706. The molecule has 2 fully saturated rings. The van der Waals surface area contributed by atoms with Crippen LogP contribution >= 0.6 is 11.6 Å². The molecular weight excluding hydrogens is 282 g/mol. The smallest absolute Gasteiger partial charge is 0.128 e. The van der Waals surface area contributed by atoms with Crippen LogP contribution in [0.25, 0.3) is 0 Å². The molecule has 1 aliphatic carbocycles. The lowest BCUT2D eigenvalue weighted by atomic mass is 9.75. The maximum Gasteiger partial charge on any atom is 0.128 e. The van der Waals surface area contributed by atoms with Gasteiger partial charge in [0.1, 0.15) is 5.82 Å². The minimum absolute atomic E-state index is 0.753. The van der Waals surface area contributed by atoms with Crippen molar-refractivity contribution in [3.63, 3.8) is 0 Å². The van der Waals surface area contributed by atoms with Crippen LogP contribution in [0.4, 0.5) is 5.82 Å². The number of pyridine rings is 1. The summed E-state index contributed by atoms with van der Waals surface area (Å²) in [6.45, 7) is 6.13. The van der Waals surface area contributed by atoms with Gasteiger partial charge in [-0.15, -0.1) is 0 Å². The Morgan fingerprint density at radius 1 is 1.24 bits per heavy atom. The Bertz CT molecular complexity index is 477. The lowest BCUT2D eigenvalue weighted by Gasteiger charge is -2.41. The summed E-state index contributed by atoms with van der Waals surface area (Å²) in [6, 6.07) is 4.09. The fourth-order valence-electron chi connectivity index (χ4n) is 3.83. The van der Waals surface area contributed by atoms with Crippen LogP contribution in [-0.4, -0.2) is 24.6 Å². The highest BCUT2D eigenvalue weighted by Gasteiger charge is 2.31. The third-order valence-electron chi connectivity index (χ3n) is 5.06. The van der Waals surface area contributed by atoms with E-state index in [9.17, 15) is 0 Å². The molecule has 2 heterocycles. The second-order valence-electron chi connectivity index (χ2n) is 6.42. The molecule has 2 atom stereocenters. The number of nitrogens with zero attached hydrogens (tertiary/aromatic N) is 2. The molecule has 4 heteroatoms. The molecule has 1 saturated heterocycles. The maximum atomic E-state index is 6.26. The van der Waals surface area contributed by atoms with Gasteiger partial charge < -0.3 is 10.2 Å². The highest BCUT2D eigenvalue weighted by atomic mass is 35.5. The van der Waals surface area contributed by atoms with Crippen LogP contribution in [0.1, 0.15) is 44.7 Å². The van der Waals surface area contributed by atoms with Gasteiger partial charge >= 0.3 is 0 Å². The number of rotatable bonds is 4. The number of fused-ring (bicyclic) bond motifs is 1. The van der Waals surface area contributed by atoms with Crippen LogP contribution in [-0.2, 0) is 6.54 Å². The summed E-state index contributed by atoms with van der Waals surface area (Å²) in [5.74, 6) is 2.95. The zero-order valence-corrected chi connectivity index (χ0v) is 13.7. The first kappa shape index (κ1) is 15.1. The molecule has 1 aromatic rings. The summed E-state index contributed by atoms with van der Waals surface area (Å²) >= 11 is 6.26. The Morgan fingerprint density at radius 3 is 2.86 bits per heavy atom. The highest BCUT2D eigenvalue weighted by molar-refractivity contribution is 6.31. The van der Waals surface area contributed by atoms with E-state index in [2.05, 4.69) is 23.2 Å². The number of halogens is 1. The first-order chi connectivity index (χ1) is 10.3. The van der Waals surface area contributed by atoms with E-state index in [0.717, 1.165) is 48.0 Å². The molecule has 0 amide bonds. The van der Waals surface area contributed by atoms with E-state index in [4.69, 9.17) is 16.6 Å². The summed E-state index contributed by atoms with van der Waals surface area (Å²) in [5, 5.41) is 4.09. The zero-order chi connectivity index (χ0) is 14.7. The van der Waals surface area contributed by atoms with Gasteiger partial charge in [0.25, 0.3) is 0 Å². The molecule has 21 heavy (non-hydrogen) atoms. The Morgan fingerprint density at radius 2 is 2.05 bits per heavy atom. The average molecular weight is 308 g/mol. The van der Waals surface area contributed by atoms with Gasteiger partial charge in [0, 0.05) is 19.6 Å². The first-order valence-corrected chi connectivity index (χ1v) is 8.76. The Hall–Kier alpha value is -0.800. The molecule has 0 aromatic carbocycles. The minimum atomic E-state index is 0.753. The molecule has 0 spiro atoms. The molecule has 1 aliphatic heterocycles. The molecule has 116 valence electrons. The molecule has 1 saturated carbocycles. The molecule has 3 rings (SSSR count). The van der Waals surface area contributed by atoms with Crippen molar-refractivity contribution in [1.82, 2.24) is 10.3 Å². The normalized spacial score (nSPS) is 25.7. The van der Waals surface area contributed by atoms with Crippen molar-refractivity contribution in [3.05, 3.63) is 22.8 Å². The Labute approximate surface area is 133 Å². The summed E-state index contributed by atoms with van der Waals surface area (Å²) < 4.78 is 0. The van der Waals surface area contributed by atoms with Gasteiger partial charge in [-0.1, -0.05) is 37.8 Å². The lowest BCUT2D eigenvalue weighted by molar-refractivity contribution is 0.202. The highest BCUT2D eigenvalue weighted by Crippen LogP contribution is 2.37. The van der Waals surface area contributed by atoms with E-state index in [1.807, 2.05) is 6.07 Å². The Kier molecular flexibility index (Phi) is 5.02. The minimum Gasteiger partial charge on any atom is -0.356 e. The van der Waals surface area contributed by atoms with Gasteiger partial charge in [-0.2, -0.15) is 0 Å². The lowest BCUT2D eigenvalue weighted by Crippen LogP contribution is -2.42. The van der Waals surface area contributed by atoms with Crippen molar-refractivity contribution in [1.29, 1.82) is 0 Å². The number of hydrogen-bond donors (Lipinski definition) is 1. The summed E-state index contributed by atoms with van der Waals surface area (Å²) in [4.78, 5) is 7.27. The van der Waals surface area contributed by atoms with Gasteiger partial charge in [0.2, 0.25) is 0 Å².